The van der Waals surface area contributed by atoms with Gasteiger partial charge in [0.15, 0.2) is 0 Å². The van der Waals surface area contributed by atoms with Gasteiger partial charge in [0.05, 0.1) is 20.3 Å². The Morgan fingerprint density at radius 2 is 1.50 bits per heavy atom. The molecule has 0 saturated carbocycles. The summed E-state index contributed by atoms with van der Waals surface area (Å²) in [5.74, 6) is 0.690. The molecule has 1 N–H and O–H groups in total. The number of benzene rings is 3. The van der Waals surface area contributed by atoms with Crippen molar-refractivity contribution in [2.75, 3.05) is 40.0 Å². The van der Waals surface area contributed by atoms with Gasteiger partial charge in [0, 0.05) is 32.0 Å². The second-order valence-corrected chi connectivity index (χ2v) is 8.19. The smallest absolute Gasteiger partial charge is 0.118 e. The van der Waals surface area contributed by atoms with Gasteiger partial charge in [-0.3, -0.25) is 4.90 Å². The fourth-order valence-corrected chi connectivity index (χ4v) is 4.47. The molecule has 1 saturated heterocycles. The van der Waals surface area contributed by atoms with E-state index < -0.39 is 5.60 Å². The first-order chi connectivity index (χ1) is 15.2. The minimum atomic E-state index is -1.08. The molecule has 1 heterocycles. The molecule has 0 spiro atoms. The summed E-state index contributed by atoms with van der Waals surface area (Å²) in [6.45, 7) is 4.01. The summed E-state index contributed by atoms with van der Waals surface area (Å²) in [4.78, 5) is 2.40. The minimum Gasteiger partial charge on any atom is -0.497 e. The van der Waals surface area contributed by atoms with Gasteiger partial charge >= 0.3 is 0 Å². The third kappa shape index (κ3) is 5.70. The molecule has 1 aliphatic rings. The predicted molar refractivity (Wildman–Crippen MR) is 131 cm³/mol. The van der Waals surface area contributed by atoms with E-state index in [2.05, 4.69) is 41.3 Å². The zero-order valence-corrected chi connectivity index (χ0v) is 19.3. The molecule has 0 radical (unpaired) electrons. The van der Waals surface area contributed by atoms with Gasteiger partial charge in [-0.05, 0) is 28.8 Å². The molecular weight excluding hydrogens is 422 g/mol. The molecule has 32 heavy (non-hydrogen) atoms. The quantitative estimate of drug-likeness (QED) is 0.538. The summed E-state index contributed by atoms with van der Waals surface area (Å²) in [5, 5.41) is 12.4. The summed E-state index contributed by atoms with van der Waals surface area (Å²) in [5.41, 5.74) is 2.08. The number of ether oxygens (including phenoxy) is 2. The van der Waals surface area contributed by atoms with Crippen LogP contribution in [0.1, 0.15) is 22.6 Å². The maximum absolute atomic E-state index is 12.4. The van der Waals surface area contributed by atoms with Crippen LogP contribution in [0.25, 0.3) is 0 Å². The second kappa shape index (κ2) is 11.5. The van der Waals surface area contributed by atoms with E-state index in [1.807, 2.05) is 48.5 Å². The zero-order valence-electron chi connectivity index (χ0n) is 18.5. The number of nitrogens with zero attached hydrogens (tertiary/aromatic N) is 1. The zero-order chi connectivity index (χ0) is 21.5. The number of rotatable bonds is 8. The first-order valence-electron chi connectivity index (χ1n) is 10.9. The molecule has 2 atom stereocenters. The van der Waals surface area contributed by atoms with Crippen molar-refractivity contribution in [2.45, 2.75) is 17.9 Å². The van der Waals surface area contributed by atoms with Crippen molar-refractivity contribution in [2.24, 2.45) is 0 Å². The highest BCUT2D eigenvalue weighted by Crippen LogP contribution is 2.41. The van der Waals surface area contributed by atoms with Crippen molar-refractivity contribution < 1.29 is 14.6 Å². The lowest BCUT2D eigenvalue weighted by Gasteiger charge is -2.41. The summed E-state index contributed by atoms with van der Waals surface area (Å²) in [6, 6.07) is 28.5. The lowest BCUT2D eigenvalue weighted by molar-refractivity contribution is -0.0223. The molecule has 3 aromatic rings. The highest BCUT2D eigenvalue weighted by atomic mass is 35.5. The number of hydrogen-bond donors (Lipinski definition) is 1. The first kappa shape index (κ1) is 24.3. The second-order valence-electron chi connectivity index (χ2n) is 8.19. The maximum atomic E-state index is 12.4. The van der Waals surface area contributed by atoms with E-state index in [9.17, 15) is 5.11 Å². The van der Waals surface area contributed by atoms with Gasteiger partial charge in [-0.1, -0.05) is 72.8 Å². The SMILES string of the molecule is COc1ccc(C(O)(Cc2ccccc2)C(CN2CCOCC2)c2ccccc2)cc1.Cl. The lowest BCUT2D eigenvalue weighted by atomic mass is 9.73. The number of methoxy groups -OCH3 is 1. The van der Waals surface area contributed by atoms with Crippen LogP contribution in [-0.2, 0) is 16.8 Å². The normalized spacial score (nSPS) is 17.1. The van der Waals surface area contributed by atoms with E-state index in [1.54, 1.807) is 7.11 Å². The highest BCUT2D eigenvalue weighted by Gasteiger charge is 2.40. The van der Waals surface area contributed by atoms with Crippen LogP contribution in [0, 0.1) is 0 Å². The molecule has 3 aromatic carbocycles. The van der Waals surface area contributed by atoms with E-state index in [0.29, 0.717) is 6.42 Å². The van der Waals surface area contributed by atoms with Crippen molar-refractivity contribution >= 4 is 12.4 Å². The highest BCUT2D eigenvalue weighted by molar-refractivity contribution is 5.85. The third-order valence-corrected chi connectivity index (χ3v) is 6.23. The summed E-state index contributed by atoms with van der Waals surface area (Å²) >= 11 is 0. The van der Waals surface area contributed by atoms with Crippen molar-refractivity contribution in [3.8, 4) is 5.75 Å². The molecule has 5 heteroatoms. The molecule has 1 fully saturated rings. The van der Waals surface area contributed by atoms with Gasteiger partial charge in [0.2, 0.25) is 0 Å². The third-order valence-electron chi connectivity index (χ3n) is 6.23. The molecule has 2 unspecified atom stereocenters. The molecule has 0 bridgehead atoms. The van der Waals surface area contributed by atoms with Crippen molar-refractivity contribution in [3.63, 3.8) is 0 Å². The topological polar surface area (TPSA) is 41.9 Å². The Balaban J connectivity index is 0.00000289. The molecule has 0 aromatic heterocycles. The fourth-order valence-electron chi connectivity index (χ4n) is 4.47. The standard InChI is InChI=1S/C27H31NO3.ClH/c1-30-25-14-12-24(13-15-25)27(29,20-22-8-4-2-5-9-22)26(23-10-6-3-7-11-23)21-28-16-18-31-19-17-28;/h2-15,26,29H,16-21H2,1H3;1H. The first-order valence-corrected chi connectivity index (χ1v) is 10.9. The molecule has 4 nitrogen and oxygen atoms in total. The molecule has 170 valence electrons. The van der Waals surface area contributed by atoms with Gasteiger partial charge in [0.1, 0.15) is 11.4 Å². The largest absolute Gasteiger partial charge is 0.497 e. The average molecular weight is 454 g/mol. The van der Waals surface area contributed by atoms with Crippen LogP contribution in [0.4, 0.5) is 0 Å². The van der Waals surface area contributed by atoms with E-state index in [4.69, 9.17) is 9.47 Å². The van der Waals surface area contributed by atoms with Crippen LogP contribution >= 0.6 is 12.4 Å². The minimum absolute atomic E-state index is 0. The Morgan fingerprint density at radius 1 is 0.906 bits per heavy atom. The van der Waals surface area contributed by atoms with Crippen LogP contribution in [-0.4, -0.2) is 50.0 Å². The molecular formula is C27H32ClNO3. The van der Waals surface area contributed by atoms with Crippen molar-refractivity contribution in [3.05, 3.63) is 102 Å². The van der Waals surface area contributed by atoms with Crippen LogP contribution in [0.3, 0.4) is 0 Å². The van der Waals surface area contributed by atoms with Gasteiger partial charge in [-0.25, -0.2) is 0 Å². The Hall–Kier alpha value is -2.37. The van der Waals surface area contributed by atoms with Gasteiger partial charge < -0.3 is 14.6 Å². The van der Waals surface area contributed by atoms with Crippen LogP contribution in [0.2, 0.25) is 0 Å². The Morgan fingerprint density at radius 3 is 2.09 bits per heavy atom. The Bertz CT molecular complexity index is 930. The summed E-state index contributed by atoms with van der Waals surface area (Å²) < 4.78 is 10.9. The molecule has 0 amide bonds. The van der Waals surface area contributed by atoms with Crippen LogP contribution < -0.4 is 4.74 Å². The summed E-state index contributed by atoms with van der Waals surface area (Å²) in [7, 11) is 1.66. The van der Waals surface area contributed by atoms with E-state index >= 15 is 0 Å². The van der Waals surface area contributed by atoms with Gasteiger partial charge in [-0.15, -0.1) is 12.4 Å². The number of morpholine rings is 1. The monoisotopic (exact) mass is 453 g/mol. The van der Waals surface area contributed by atoms with E-state index in [0.717, 1.165) is 55.3 Å². The van der Waals surface area contributed by atoms with Gasteiger partial charge in [-0.2, -0.15) is 0 Å². The lowest BCUT2D eigenvalue weighted by Crippen LogP contribution is -2.45. The average Bonchev–Trinajstić information content (AvgIpc) is 2.84. The van der Waals surface area contributed by atoms with Crippen molar-refractivity contribution in [1.82, 2.24) is 4.90 Å². The fraction of sp³-hybridized carbons (Fsp3) is 0.333. The number of aliphatic hydroxyl groups is 1. The Kier molecular flexibility index (Phi) is 8.71. The van der Waals surface area contributed by atoms with Gasteiger partial charge in [0.25, 0.3) is 0 Å². The Labute approximate surface area is 197 Å². The van der Waals surface area contributed by atoms with Crippen LogP contribution in [0.5, 0.6) is 5.75 Å². The molecule has 1 aliphatic heterocycles. The predicted octanol–water partition coefficient (Wildman–Crippen LogP) is 4.66. The van der Waals surface area contributed by atoms with Crippen LogP contribution in [0.15, 0.2) is 84.9 Å². The number of hydrogen-bond acceptors (Lipinski definition) is 4. The number of halogens is 1. The molecule has 0 aliphatic carbocycles. The van der Waals surface area contributed by atoms with E-state index in [1.165, 1.54) is 0 Å². The maximum Gasteiger partial charge on any atom is 0.118 e. The van der Waals surface area contributed by atoms with E-state index in [-0.39, 0.29) is 18.3 Å². The van der Waals surface area contributed by atoms with Crippen molar-refractivity contribution in [1.29, 1.82) is 0 Å². The summed E-state index contributed by atoms with van der Waals surface area (Å²) in [6.07, 6.45) is 0.532. The molecule has 4 rings (SSSR count).